The van der Waals surface area contributed by atoms with E-state index in [1.165, 1.54) is 22.6 Å². The first kappa shape index (κ1) is 13.7. The van der Waals surface area contributed by atoms with Crippen LogP contribution in [0.3, 0.4) is 0 Å². The maximum atomic E-state index is 13.2. The van der Waals surface area contributed by atoms with Crippen molar-refractivity contribution in [2.75, 3.05) is 6.54 Å². The third-order valence-corrected chi connectivity index (χ3v) is 4.44. The molecule has 0 aliphatic rings. The second kappa shape index (κ2) is 5.95. The standard InChI is InChI=1S/C14H15BrFNS/c1-3-17-14(11-6-7-18-9(11)2)12-5-4-10(16)8-13(12)15/h4-8,14,17H,3H2,1-2H3. The van der Waals surface area contributed by atoms with E-state index in [-0.39, 0.29) is 11.9 Å². The number of benzene rings is 1. The van der Waals surface area contributed by atoms with Gasteiger partial charge in [0.1, 0.15) is 5.82 Å². The Morgan fingerprint density at radius 1 is 1.33 bits per heavy atom. The number of nitrogens with one attached hydrogen (secondary N) is 1. The molecule has 1 N–H and O–H groups in total. The van der Waals surface area contributed by atoms with Gasteiger partial charge in [-0.25, -0.2) is 4.39 Å². The van der Waals surface area contributed by atoms with Gasteiger partial charge in [0.2, 0.25) is 0 Å². The quantitative estimate of drug-likeness (QED) is 0.861. The number of aryl methyl sites for hydroxylation is 1. The van der Waals surface area contributed by atoms with Crippen molar-refractivity contribution in [1.82, 2.24) is 5.32 Å². The van der Waals surface area contributed by atoms with Crippen LogP contribution in [0.2, 0.25) is 0 Å². The van der Waals surface area contributed by atoms with Crippen LogP contribution in [0.15, 0.2) is 34.1 Å². The van der Waals surface area contributed by atoms with Crippen LogP contribution in [0.25, 0.3) is 0 Å². The molecule has 4 heteroatoms. The van der Waals surface area contributed by atoms with E-state index in [4.69, 9.17) is 0 Å². The van der Waals surface area contributed by atoms with Crippen molar-refractivity contribution in [2.45, 2.75) is 19.9 Å². The highest BCUT2D eigenvalue weighted by Gasteiger charge is 2.18. The molecule has 2 aromatic rings. The molecule has 1 aromatic carbocycles. The monoisotopic (exact) mass is 327 g/mol. The molecule has 1 unspecified atom stereocenters. The zero-order valence-corrected chi connectivity index (χ0v) is 12.7. The summed E-state index contributed by atoms with van der Waals surface area (Å²) in [6.07, 6.45) is 0. The van der Waals surface area contributed by atoms with E-state index >= 15 is 0 Å². The van der Waals surface area contributed by atoms with Crippen molar-refractivity contribution >= 4 is 27.3 Å². The zero-order valence-electron chi connectivity index (χ0n) is 10.3. The average Bonchev–Trinajstić information content (AvgIpc) is 2.73. The van der Waals surface area contributed by atoms with Crippen molar-refractivity contribution in [2.24, 2.45) is 0 Å². The fraction of sp³-hybridized carbons (Fsp3) is 0.286. The minimum Gasteiger partial charge on any atom is -0.306 e. The molecule has 0 spiro atoms. The average molecular weight is 328 g/mol. The highest BCUT2D eigenvalue weighted by Crippen LogP contribution is 2.32. The second-order valence-electron chi connectivity index (χ2n) is 4.09. The van der Waals surface area contributed by atoms with Gasteiger partial charge >= 0.3 is 0 Å². The summed E-state index contributed by atoms with van der Waals surface area (Å²) in [6.45, 7) is 5.05. The molecule has 2 rings (SSSR count). The first-order chi connectivity index (χ1) is 8.63. The van der Waals surface area contributed by atoms with Gasteiger partial charge in [-0.1, -0.05) is 28.9 Å². The fourth-order valence-corrected chi connectivity index (χ4v) is 3.34. The maximum absolute atomic E-state index is 13.2. The van der Waals surface area contributed by atoms with Crippen LogP contribution >= 0.6 is 27.3 Å². The Morgan fingerprint density at radius 2 is 2.11 bits per heavy atom. The Balaban J connectivity index is 2.45. The lowest BCUT2D eigenvalue weighted by molar-refractivity contribution is 0.610. The van der Waals surface area contributed by atoms with Crippen molar-refractivity contribution < 1.29 is 4.39 Å². The van der Waals surface area contributed by atoms with E-state index in [0.29, 0.717) is 0 Å². The molecule has 0 saturated heterocycles. The van der Waals surface area contributed by atoms with Crippen LogP contribution in [0, 0.1) is 12.7 Å². The molecule has 0 aliphatic carbocycles. The van der Waals surface area contributed by atoms with E-state index < -0.39 is 0 Å². The molecule has 0 radical (unpaired) electrons. The SMILES string of the molecule is CCNC(c1ccc(F)cc1Br)c1ccsc1C. The van der Waals surface area contributed by atoms with Gasteiger partial charge in [-0.05, 0) is 48.2 Å². The van der Waals surface area contributed by atoms with E-state index in [9.17, 15) is 4.39 Å². The topological polar surface area (TPSA) is 12.0 Å². The van der Waals surface area contributed by atoms with Gasteiger partial charge in [-0.3, -0.25) is 0 Å². The number of hydrogen-bond acceptors (Lipinski definition) is 2. The highest BCUT2D eigenvalue weighted by atomic mass is 79.9. The number of halogens is 2. The van der Waals surface area contributed by atoms with Crippen molar-refractivity contribution in [3.8, 4) is 0 Å². The molecule has 0 bridgehead atoms. The Labute approximate surface area is 119 Å². The second-order valence-corrected chi connectivity index (χ2v) is 6.06. The van der Waals surface area contributed by atoms with Gasteiger partial charge in [0, 0.05) is 9.35 Å². The largest absolute Gasteiger partial charge is 0.306 e. The summed E-state index contributed by atoms with van der Waals surface area (Å²) in [5.41, 5.74) is 2.33. The molecule has 0 fully saturated rings. The Bertz CT molecular complexity index is 538. The van der Waals surface area contributed by atoms with Crippen LogP contribution in [-0.2, 0) is 0 Å². The van der Waals surface area contributed by atoms with Crippen molar-refractivity contribution in [3.63, 3.8) is 0 Å². The summed E-state index contributed by atoms with van der Waals surface area (Å²) >= 11 is 5.18. The van der Waals surface area contributed by atoms with Gasteiger partial charge < -0.3 is 5.32 Å². The number of thiophene rings is 1. The number of rotatable bonds is 4. The third kappa shape index (κ3) is 2.82. The molecule has 18 heavy (non-hydrogen) atoms. The van der Waals surface area contributed by atoms with Crippen LogP contribution in [0.5, 0.6) is 0 Å². The molecule has 0 aliphatic heterocycles. The Morgan fingerprint density at radius 3 is 2.67 bits per heavy atom. The van der Waals surface area contributed by atoms with E-state index in [0.717, 1.165) is 16.6 Å². The van der Waals surface area contributed by atoms with E-state index in [1.54, 1.807) is 11.3 Å². The summed E-state index contributed by atoms with van der Waals surface area (Å²) in [5, 5.41) is 5.55. The molecule has 96 valence electrons. The van der Waals surface area contributed by atoms with Crippen molar-refractivity contribution in [1.29, 1.82) is 0 Å². The predicted octanol–water partition coefficient (Wildman–Crippen LogP) is 4.66. The lowest BCUT2D eigenvalue weighted by atomic mass is 9.99. The molecule has 1 nitrogen and oxygen atoms in total. The molecular formula is C14H15BrFNS. The van der Waals surface area contributed by atoms with Crippen molar-refractivity contribution in [3.05, 3.63) is 55.9 Å². The highest BCUT2D eigenvalue weighted by molar-refractivity contribution is 9.10. The van der Waals surface area contributed by atoms with Gasteiger partial charge in [0.25, 0.3) is 0 Å². The van der Waals surface area contributed by atoms with Crippen LogP contribution in [-0.4, -0.2) is 6.54 Å². The Hall–Kier alpha value is -0.710. The molecule has 1 atom stereocenters. The first-order valence-electron chi connectivity index (χ1n) is 5.85. The predicted molar refractivity (Wildman–Crippen MR) is 78.7 cm³/mol. The van der Waals surface area contributed by atoms with Gasteiger partial charge in [0.05, 0.1) is 6.04 Å². The molecule has 0 amide bonds. The minimum absolute atomic E-state index is 0.108. The van der Waals surface area contributed by atoms with Crippen LogP contribution in [0.1, 0.15) is 29.0 Å². The first-order valence-corrected chi connectivity index (χ1v) is 7.53. The third-order valence-electron chi connectivity index (χ3n) is 2.89. The lowest BCUT2D eigenvalue weighted by Gasteiger charge is -2.20. The van der Waals surface area contributed by atoms with Gasteiger partial charge in [0.15, 0.2) is 0 Å². The molecule has 1 aromatic heterocycles. The molecular weight excluding hydrogens is 313 g/mol. The summed E-state index contributed by atoms with van der Waals surface area (Å²) < 4.78 is 14.0. The Kier molecular flexibility index (Phi) is 4.54. The molecule has 1 heterocycles. The maximum Gasteiger partial charge on any atom is 0.124 e. The fourth-order valence-electron chi connectivity index (χ4n) is 2.02. The summed E-state index contributed by atoms with van der Waals surface area (Å²) in [6, 6.07) is 7.09. The summed E-state index contributed by atoms with van der Waals surface area (Å²) in [7, 11) is 0. The summed E-state index contributed by atoms with van der Waals surface area (Å²) in [5.74, 6) is -0.220. The van der Waals surface area contributed by atoms with E-state index in [2.05, 4.69) is 46.5 Å². The van der Waals surface area contributed by atoms with Gasteiger partial charge in [-0.15, -0.1) is 11.3 Å². The minimum atomic E-state index is -0.220. The van der Waals surface area contributed by atoms with E-state index in [1.807, 2.05) is 6.07 Å². The lowest BCUT2D eigenvalue weighted by Crippen LogP contribution is -2.22. The number of hydrogen-bond donors (Lipinski definition) is 1. The smallest absolute Gasteiger partial charge is 0.124 e. The zero-order chi connectivity index (χ0) is 13.1. The van der Waals surface area contributed by atoms with Crippen LogP contribution < -0.4 is 5.32 Å². The molecule has 0 saturated carbocycles. The van der Waals surface area contributed by atoms with Crippen LogP contribution in [0.4, 0.5) is 4.39 Å². The summed E-state index contributed by atoms with van der Waals surface area (Å²) in [4.78, 5) is 1.29. The van der Waals surface area contributed by atoms with Gasteiger partial charge in [-0.2, -0.15) is 0 Å². The normalized spacial score (nSPS) is 12.7.